The molecule has 10 heteroatoms. The number of azide groups is 1. The predicted molar refractivity (Wildman–Crippen MR) is 61.7 cm³/mol. The van der Waals surface area contributed by atoms with Crippen LogP contribution < -0.4 is 5.56 Å². The standard InChI is InChI=1S/C10H11F3N4O3/c11-10(12,13)6-3-5(4-15-9(6)20)8(19)7(18)1-2-16-17-14/h3-4,7-8,18-19H,1-2H2,(H,15,20). The summed E-state index contributed by atoms with van der Waals surface area (Å²) in [4.78, 5) is 15.3. The molecule has 0 saturated heterocycles. The summed E-state index contributed by atoms with van der Waals surface area (Å²) in [6.45, 7) is -0.121. The first-order valence-corrected chi connectivity index (χ1v) is 5.44. The molecule has 3 N–H and O–H groups in total. The van der Waals surface area contributed by atoms with Crippen LogP contribution in [0.3, 0.4) is 0 Å². The zero-order chi connectivity index (χ0) is 15.3. The number of nitrogens with one attached hydrogen (secondary N) is 1. The number of aromatic nitrogens is 1. The molecule has 1 aromatic rings. The molecular formula is C10H11F3N4O3. The van der Waals surface area contributed by atoms with Crippen molar-refractivity contribution in [3.63, 3.8) is 0 Å². The molecule has 0 fully saturated rings. The fourth-order valence-corrected chi connectivity index (χ4v) is 1.50. The van der Waals surface area contributed by atoms with E-state index < -0.39 is 29.5 Å². The zero-order valence-electron chi connectivity index (χ0n) is 10.0. The first-order chi connectivity index (χ1) is 9.27. The molecule has 20 heavy (non-hydrogen) atoms. The molecule has 110 valence electrons. The summed E-state index contributed by atoms with van der Waals surface area (Å²) in [5.74, 6) is 0. The van der Waals surface area contributed by atoms with Crippen LogP contribution >= 0.6 is 0 Å². The van der Waals surface area contributed by atoms with Gasteiger partial charge in [0.1, 0.15) is 11.7 Å². The van der Waals surface area contributed by atoms with Crippen LogP contribution in [0.1, 0.15) is 23.7 Å². The van der Waals surface area contributed by atoms with Gasteiger partial charge in [-0.2, -0.15) is 13.2 Å². The SMILES string of the molecule is [N-]=[N+]=NCCC(O)C(O)c1c[nH]c(=O)c(C(F)(F)F)c1. The molecule has 1 aromatic heterocycles. The van der Waals surface area contributed by atoms with Crippen molar-refractivity contribution in [2.75, 3.05) is 6.54 Å². The second-order valence-electron chi connectivity index (χ2n) is 3.93. The molecule has 0 aliphatic carbocycles. The normalized spacial score (nSPS) is 14.4. The highest BCUT2D eigenvalue weighted by Gasteiger charge is 2.35. The lowest BCUT2D eigenvalue weighted by Crippen LogP contribution is -2.25. The van der Waals surface area contributed by atoms with Crippen LogP contribution in [0.2, 0.25) is 0 Å². The average molecular weight is 292 g/mol. The Bertz CT molecular complexity index is 566. The third-order valence-corrected chi connectivity index (χ3v) is 2.53. The summed E-state index contributed by atoms with van der Waals surface area (Å²) in [5.41, 5.74) is 4.96. The number of aromatic amines is 1. The first kappa shape index (κ1) is 16.0. The van der Waals surface area contributed by atoms with Gasteiger partial charge in [0.05, 0.1) is 6.10 Å². The molecule has 1 heterocycles. The van der Waals surface area contributed by atoms with Gasteiger partial charge < -0.3 is 15.2 Å². The van der Waals surface area contributed by atoms with E-state index in [-0.39, 0.29) is 18.5 Å². The summed E-state index contributed by atoms with van der Waals surface area (Å²) < 4.78 is 37.6. The van der Waals surface area contributed by atoms with Gasteiger partial charge in [0.25, 0.3) is 5.56 Å². The Morgan fingerprint density at radius 2 is 2.10 bits per heavy atom. The van der Waals surface area contributed by atoms with Gasteiger partial charge in [-0.1, -0.05) is 5.11 Å². The van der Waals surface area contributed by atoms with Gasteiger partial charge >= 0.3 is 6.18 Å². The van der Waals surface area contributed by atoms with Crippen molar-refractivity contribution < 1.29 is 23.4 Å². The highest BCUT2D eigenvalue weighted by molar-refractivity contribution is 5.23. The van der Waals surface area contributed by atoms with E-state index in [0.29, 0.717) is 6.07 Å². The number of alkyl halides is 3. The topological polar surface area (TPSA) is 122 Å². The molecule has 0 saturated carbocycles. The van der Waals surface area contributed by atoms with Crippen LogP contribution in [0.25, 0.3) is 10.4 Å². The van der Waals surface area contributed by atoms with Crippen molar-refractivity contribution in [2.45, 2.75) is 24.8 Å². The number of rotatable bonds is 5. The van der Waals surface area contributed by atoms with E-state index >= 15 is 0 Å². The van der Waals surface area contributed by atoms with Crippen molar-refractivity contribution in [1.82, 2.24) is 4.98 Å². The van der Waals surface area contributed by atoms with Crippen molar-refractivity contribution in [3.8, 4) is 0 Å². The maximum absolute atomic E-state index is 12.5. The molecular weight excluding hydrogens is 281 g/mol. The second kappa shape index (κ2) is 6.42. The average Bonchev–Trinajstić information content (AvgIpc) is 2.37. The van der Waals surface area contributed by atoms with E-state index in [2.05, 4.69) is 10.0 Å². The number of hydrogen-bond acceptors (Lipinski definition) is 4. The Kier molecular flexibility index (Phi) is 5.14. The monoisotopic (exact) mass is 292 g/mol. The fourth-order valence-electron chi connectivity index (χ4n) is 1.50. The molecule has 0 aromatic carbocycles. The van der Waals surface area contributed by atoms with Gasteiger partial charge in [0.2, 0.25) is 0 Å². The van der Waals surface area contributed by atoms with Crippen LogP contribution in [0.4, 0.5) is 13.2 Å². The maximum Gasteiger partial charge on any atom is 0.421 e. The second-order valence-corrected chi connectivity index (χ2v) is 3.93. The quantitative estimate of drug-likeness (QED) is 0.433. The van der Waals surface area contributed by atoms with E-state index in [0.717, 1.165) is 6.20 Å². The third kappa shape index (κ3) is 3.98. The van der Waals surface area contributed by atoms with E-state index in [1.54, 1.807) is 0 Å². The van der Waals surface area contributed by atoms with E-state index in [1.165, 1.54) is 0 Å². The highest BCUT2D eigenvalue weighted by Crippen LogP contribution is 2.28. The first-order valence-electron chi connectivity index (χ1n) is 5.44. The largest absolute Gasteiger partial charge is 0.421 e. The summed E-state index contributed by atoms with van der Waals surface area (Å²) in [6.07, 6.45) is -7.17. The molecule has 1 rings (SSSR count). The molecule has 0 amide bonds. The number of hydrogen-bond donors (Lipinski definition) is 3. The van der Waals surface area contributed by atoms with Crippen LogP contribution in [0.5, 0.6) is 0 Å². The molecule has 0 aliphatic heterocycles. The van der Waals surface area contributed by atoms with Crippen LogP contribution in [-0.4, -0.2) is 27.8 Å². The number of pyridine rings is 1. The van der Waals surface area contributed by atoms with Gasteiger partial charge in [0.15, 0.2) is 0 Å². The number of nitrogens with zero attached hydrogens (tertiary/aromatic N) is 3. The number of aliphatic hydroxyl groups excluding tert-OH is 2. The minimum absolute atomic E-state index is 0.121. The smallest absolute Gasteiger partial charge is 0.390 e. The molecule has 7 nitrogen and oxygen atoms in total. The zero-order valence-corrected chi connectivity index (χ0v) is 10.0. The van der Waals surface area contributed by atoms with E-state index in [4.69, 9.17) is 5.53 Å². The summed E-state index contributed by atoms with van der Waals surface area (Å²) >= 11 is 0. The van der Waals surface area contributed by atoms with Gasteiger partial charge in [-0.15, -0.1) is 0 Å². The minimum atomic E-state index is -4.86. The molecule has 0 aliphatic rings. The Morgan fingerprint density at radius 3 is 2.65 bits per heavy atom. The van der Waals surface area contributed by atoms with E-state index in [9.17, 15) is 28.2 Å². The lowest BCUT2D eigenvalue weighted by Gasteiger charge is -2.18. The summed E-state index contributed by atoms with van der Waals surface area (Å²) in [7, 11) is 0. The predicted octanol–water partition coefficient (Wildman–Crippen LogP) is 1.49. The molecule has 0 spiro atoms. The van der Waals surface area contributed by atoms with Crippen LogP contribution in [-0.2, 0) is 6.18 Å². The van der Waals surface area contributed by atoms with Crippen molar-refractivity contribution in [1.29, 1.82) is 0 Å². The maximum atomic E-state index is 12.5. The van der Waals surface area contributed by atoms with Crippen molar-refractivity contribution >= 4 is 0 Å². The number of aliphatic hydroxyl groups is 2. The fraction of sp³-hybridized carbons (Fsp3) is 0.500. The van der Waals surface area contributed by atoms with Gasteiger partial charge in [-0.05, 0) is 23.6 Å². The minimum Gasteiger partial charge on any atom is -0.390 e. The third-order valence-electron chi connectivity index (χ3n) is 2.53. The Hall–Kier alpha value is -2.03. The van der Waals surface area contributed by atoms with Gasteiger partial charge in [-0.25, -0.2) is 0 Å². The molecule has 0 bridgehead atoms. The van der Waals surface area contributed by atoms with E-state index in [1.807, 2.05) is 4.98 Å². The van der Waals surface area contributed by atoms with Crippen molar-refractivity contribution in [2.24, 2.45) is 5.11 Å². The highest BCUT2D eigenvalue weighted by atomic mass is 19.4. The number of halogens is 3. The van der Waals surface area contributed by atoms with Crippen LogP contribution in [0.15, 0.2) is 22.2 Å². The summed E-state index contributed by atoms with van der Waals surface area (Å²) in [6, 6.07) is 0.473. The number of H-pyrrole nitrogens is 1. The Labute approximate surface area is 110 Å². The Morgan fingerprint density at radius 1 is 1.45 bits per heavy atom. The Balaban J connectivity index is 2.96. The van der Waals surface area contributed by atoms with Crippen molar-refractivity contribution in [3.05, 3.63) is 44.2 Å². The van der Waals surface area contributed by atoms with Crippen LogP contribution in [0, 0.1) is 0 Å². The molecule has 0 radical (unpaired) electrons. The lowest BCUT2D eigenvalue weighted by molar-refractivity contribution is -0.138. The van der Waals surface area contributed by atoms with Gasteiger partial charge in [-0.3, -0.25) is 4.79 Å². The lowest BCUT2D eigenvalue weighted by atomic mass is 10.0. The summed E-state index contributed by atoms with van der Waals surface area (Å²) in [5, 5.41) is 22.4. The van der Waals surface area contributed by atoms with Gasteiger partial charge in [0, 0.05) is 17.7 Å². The molecule has 2 unspecified atom stereocenters. The molecule has 2 atom stereocenters.